The van der Waals surface area contributed by atoms with Gasteiger partial charge in [0.05, 0.1) is 11.6 Å². The molecule has 1 atom stereocenters. The van der Waals surface area contributed by atoms with Crippen LogP contribution in [-0.2, 0) is 6.42 Å². The van der Waals surface area contributed by atoms with Crippen molar-refractivity contribution in [2.75, 3.05) is 6.61 Å². The summed E-state index contributed by atoms with van der Waals surface area (Å²) in [5, 5.41) is 11.1. The standard InChI is InChI=1S/C15H12BrClO2/c16-12-6-2-4-10(13(12)17)14(18)11-5-1-3-9-7-8-19-15(9)11/h1-6,14,18H,7-8H2. The summed E-state index contributed by atoms with van der Waals surface area (Å²) in [5.74, 6) is 0.797. The molecular weight excluding hydrogens is 328 g/mol. The molecule has 19 heavy (non-hydrogen) atoms. The van der Waals surface area contributed by atoms with Gasteiger partial charge in [-0.15, -0.1) is 0 Å². The van der Waals surface area contributed by atoms with Gasteiger partial charge in [0.1, 0.15) is 11.9 Å². The Labute approximate surface area is 125 Å². The Bertz CT molecular complexity index is 628. The van der Waals surface area contributed by atoms with Crippen molar-refractivity contribution >= 4 is 27.5 Å². The molecule has 0 saturated heterocycles. The number of benzene rings is 2. The molecule has 0 saturated carbocycles. The van der Waals surface area contributed by atoms with E-state index in [-0.39, 0.29) is 0 Å². The number of fused-ring (bicyclic) bond motifs is 1. The van der Waals surface area contributed by atoms with E-state index in [1.54, 1.807) is 0 Å². The number of hydrogen-bond donors (Lipinski definition) is 1. The quantitative estimate of drug-likeness (QED) is 0.892. The average Bonchev–Trinajstić information content (AvgIpc) is 2.89. The summed E-state index contributed by atoms with van der Waals surface area (Å²) >= 11 is 9.62. The zero-order valence-corrected chi connectivity index (χ0v) is 12.4. The van der Waals surface area contributed by atoms with Crippen LogP contribution in [0.3, 0.4) is 0 Å². The summed E-state index contributed by atoms with van der Waals surface area (Å²) in [6.07, 6.45) is 0.111. The first-order chi connectivity index (χ1) is 9.18. The first-order valence-electron chi connectivity index (χ1n) is 6.05. The SMILES string of the molecule is OC(c1cccc(Br)c1Cl)c1cccc2c1OCC2. The Morgan fingerprint density at radius 3 is 2.74 bits per heavy atom. The predicted molar refractivity (Wildman–Crippen MR) is 78.9 cm³/mol. The van der Waals surface area contributed by atoms with Crippen molar-refractivity contribution in [3.8, 4) is 5.75 Å². The third-order valence-corrected chi connectivity index (χ3v) is 4.63. The molecule has 2 aromatic carbocycles. The van der Waals surface area contributed by atoms with Crippen molar-refractivity contribution in [1.29, 1.82) is 0 Å². The number of aliphatic hydroxyl groups excluding tert-OH is 1. The minimum Gasteiger partial charge on any atom is -0.493 e. The molecule has 0 aliphatic carbocycles. The van der Waals surface area contributed by atoms with Gasteiger partial charge in [0, 0.05) is 22.0 Å². The van der Waals surface area contributed by atoms with Crippen molar-refractivity contribution < 1.29 is 9.84 Å². The Kier molecular flexibility index (Phi) is 3.52. The average molecular weight is 340 g/mol. The minimum absolute atomic E-state index is 0.533. The predicted octanol–water partition coefficient (Wildman–Crippen LogP) is 4.12. The molecule has 1 N–H and O–H groups in total. The maximum Gasteiger partial charge on any atom is 0.128 e. The maximum absolute atomic E-state index is 10.6. The van der Waals surface area contributed by atoms with E-state index in [4.69, 9.17) is 16.3 Å². The fourth-order valence-corrected chi connectivity index (χ4v) is 2.97. The van der Waals surface area contributed by atoms with Gasteiger partial charge in [-0.05, 0) is 27.6 Å². The molecule has 1 aliphatic heterocycles. The second kappa shape index (κ2) is 5.16. The van der Waals surface area contributed by atoms with Gasteiger partial charge in [-0.2, -0.15) is 0 Å². The Morgan fingerprint density at radius 2 is 1.89 bits per heavy atom. The van der Waals surface area contributed by atoms with Crippen molar-refractivity contribution in [2.24, 2.45) is 0 Å². The van der Waals surface area contributed by atoms with E-state index < -0.39 is 6.10 Å². The van der Waals surface area contributed by atoms with Crippen LogP contribution in [-0.4, -0.2) is 11.7 Å². The van der Waals surface area contributed by atoms with Crippen LogP contribution in [0.2, 0.25) is 5.02 Å². The van der Waals surface area contributed by atoms with Crippen LogP contribution >= 0.6 is 27.5 Å². The molecule has 1 heterocycles. The van der Waals surface area contributed by atoms with E-state index in [0.717, 1.165) is 27.8 Å². The minimum atomic E-state index is -0.780. The topological polar surface area (TPSA) is 29.5 Å². The molecule has 0 bridgehead atoms. The van der Waals surface area contributed by atoms with E-state index in [2.05, 4.69) is 15.9 Å². The van der Waals surface area contributed by atoms with Gasteiger partial charge >= 0.3 is 0 Å². The Balaban J connectivity index is 2.08. The zero-order chi connectivity index (χ0) is 13.4. The Hall–Kier alpha value is -1.03. The van der Waals surface area contributed by atoms with E-state index in [1.165, 1.54) is 0 Å². The zero-order valence-electron chi connectivity index (χ0n) is 10.1. The summed E-state index contributed by atoms with van der Waals surface area (Å²) in [5.41, 5.74) is 2.60. The van der Waals surface area contributed by atoms with E-state index in [1.807, 2.05) is 36.4 Å². The fourth-order valence-electron chi connectivity index (χ4n) is 2.36. The van der Waals surface area contributed by atoms with Crippen LogP contribution in [0, 0.1) is 0 Å². The van der Waals surface area contributed by atoms with E-state index in [9.17, 15) is 5.11 Å². The summed E-state index contributed by atoms with van der Waals surface area (Å²) in [6, 6.07) is 11.4. The van der Waals surface area contributed by atoms with Gasteiger partial charge < -0.3 is 9.84 Å². The number of rotatable bonds is 2. The first-order valence-corrected chi connectivity index (χ1v) is 7.22. The molecule has 98 valence electrons. The van der Waals surface area contributed by atoms with Crippen LogP contribution in [0.5, 0.6) is 5.75 Å². The maximum atomic E-state index is 10.6. The second-order valence-electron chi connectivity index (χ2n) is 4.48. The third-order valence-electron chi connectivity index (χ3n) is 3.32. The molecule has 4 heteroatoms. The molecular formula is C15H12BrClO2. The van der Waals surface area contributed by atoms with Crippen molar-refractivity contribution in [3.63, 3.8) is 0 Å². The van der Waals surface area contributed by atoms with Crippen LogP contribution in [0.25, 0.3) is 0 Å². The van der Waals surface area contributed by atoms with Gasteiger partial charge in [0.15, 0.2) is 0 Å². The molecule has 2 aromatic rings. The highest BCUT2D eigenvalue weighted by atomic mass is 79.9. The molecule has 2 nitrogen and oxygen atoms in total. The molecule has 0 radical (unpaired) electrons. The Morgan fingerprint density at radius 1 is 1.16 bits per heavy atom. The van der Waals surface area contributed by atoms with E-state index >= 15 is 0 Å². The lowest BCUT2D eigenvalue weighted by Gasteiger charge is -2.16. The van der Waals surface area contributed by atoms with Crippen molar-refractivity contribution in [2.45, 2.75) is 12.5 Å². The van der Waals surface area contributed by atoms with Gasteiger partial charge in [-0.25, -0.2) is 0 Å². The molecule has 3 rings (SSSR count). The van der Waals surface area contributed by atoms with Crippen LogP contribution in [0.1, 0.15) is 22.8 Å². The van der Waals surface area contributed by atoms with Gasteiger partial charge in [0.25, 0.3) is 0 Å². The molecule has 0 fully saturated rings. The normalized spacial score (nSPS) is 14.9. The lowest BCUT2D eigenvalue weighted by atomic mass is 9.98. The van der Waals surface area contributed by atoms with Gasteiger partial charge in [-0.3, -0.25) is 0 Å². The highest BCUT2D eigenvalue weighted by Gasteiger charge is 2.23. The third kappa shape index (κ3) is 2.27. The van der Waals surface area contributed by atoms with Gasteiger partial charge in [-0.1, -0.05) is 41.9 Å². The highest BCUT2D eigenvalue weighted by Crippen LogP contribution is 2.39. The number of para-hydroxylation sites is 1. The second-order valence-corrected chi connectivity index (χ2v) is 5.71. The van der Waals surface area contributed by atoms with Crippen LogP contribution in [0.4, 0.5) is 0 Å². The monoisotopic (exact) mass is 338 g/mol. The molecule has 1 unspecified atom stereocenters. The number of hydrogen-bond acceptors (Lipinski definition) is 2. The lowest BCUT2D eigenvalue weighted by Crippen LogP contribution is -2.03. The molecule has 0 aromatic heterocycles. The fraction of sp³-hybridized carbons (Fsp3) is 0.200. The van der Waals surface area contributed by atoms with Gasteiger partial charge in [0.2, 0.25) is 0 Å². The molecule has 0 spiro atoms. The molecule has 0 amide bonds. The number of halogens is 2. The highest BCUT2D eigenvalue weighted by molar-refractivity contribution is 9.10. The van der Waals surface area contributed by atoms with Crippen molar-refractivity contribution in [1.82, 2.24) is 0 Å². The van der Waals surface area contributed by atoms with Crippen molar-refractivity contribution in [3.05, 3.63) is 62.6 Å². The molecule has 1 aliphatic rings. The summed E-state index contributed by atoms with van der Waals surface area (Å²) in [6.45, 7) is 0.672. The lowest BCUT2D eigenvalue weighted by molar-refractivity contribution is 0.214. The summed E-state index contributed by atoms with van der Waals surface area (Å²) in [7, 11) is 0. The van der Waals surface area contributed by atoms with E-state index in [0.29, 0.717) is 17.2 Å². The largest absolute Gasteiger partial charge is 0.493 e. The van der Waals surface area contributed by atoms with Crippen LogP contribution in [0.15, 0.2) is 40.9 Å². The first kappa shape index (κ1) is 13.0. The summed E-state index contributed by atoms with van der Waals surface area (Å²) < 4.78 is 6.40. The number of aliphatic hydroxyl groups is 1. The number of ether oxygens (including phenoxy) is 1. The van der Waals surface area contributed by atoms with Crippen LogP contribution < -0.4 is 4.74 Å². The summed E-state index contributed by atoms with van der Waals surface area (Å²) in [4.78, 5) is 0. The smallest absolute Gasteiger partial charge is 0.128 e.